The molecule has 21 heavy (non-hydrogen) atoms. The fourth-order valence-electron chi connectivity index (χ4n) is 1.41. The van der Waals surface area contributed by atoms with Gasteiger partial charge >= 0.3 is 12.1 Å². The van der Waals surface area contributed by atoms with Crippen molar-refractivity contribution < 1.29 is 22.7 Å². The normalized spacial score (nSPS) is 11.2. The monoisotopic (exact) mass is 316 g/mol. The summed E-state index contributed by atoms with van der Waals surface area (Å²) in [7, 11) is 0. The number of hydrogen-bond donors (Lipinski definition) is 0. The molecule has 0 amide bonds. The molecule has 0 atom stereocenters. The average Bonchev–Trinajstić information content (AvgIpc) is 2.45. The van der Waals surface area contributed by atoms with E-state index in [1.165, 1.54) is 12.3 Å². The Hall–Kier alpha value is -2.15. The molecule has 0 N–H and O–H groups in total. The van der Waals surface area contributed by atoms with E-state index in [-0.39, 0.29) is 12.2 Å². The predicted octanol–water partition coefficient (Wildman–Crippen LogP) is 3.51. The first kappa shape index (κ1) is 15.2. The van der Waals surface area contributed by atoms with Crippen molar-refractivity contribution >= 4 is 17.6 Å². The van der Waals surface area contributed by atoms with E-state index in [1.807, 2.05) is 0 Å². The number of halogens is 4. The van der Waals surface area contributed by atoms with Crippen molar-refractivity contribution in [3.63, 3.8) is 0 Å². The van der Waals surface area contributed by atoms with Crippen LogP contribution in [0.4, 0.5) is 13.2 Å². The molecule has 0 bridgehead atoms. The molecule has 2 aromatic rings. The second-order valence-electron chi connectivity index (χ2n) is 4.00. The van der Waals surface area contributed by atoms with E-state index >= 15 is 0 Å². The van der Waals surface area contributed by atoms with Gasteiger partial charge in [-0.1, -0.05) is 17.7 Å². The van der Waals surface area contributed by atoms with Crippen LogP contribution in [0.5, 0.6) is 0 Å². The summed E-state index contributed by atoms with van der Waals surface area (Å²) in [6.07, 6.45) is -2.29. The highest BCUT2D eigenvalue weighted by Crippen LogP contribution is 2.27. The van der Waals surface area contributed by atoms with Crippen molar-refractivity contribution in [2.45, 2.75) is 12.8 Å². The van der Waals surface area contributed by atoms with Crippen molar-refractivity contribution in [2.24, 2.45) is 0 Å². The Labute approximate surface area is 122 Å². The molecule has 0 aliphatic carbocycles. The van der Waals surface area contributed by atoms with Gasteiger partial charge in [-0.15, -0.1) is 0 Å². The number of rotatable bonds is 3. The maximum Gasteiger partial charge on any atom is 0.433 e. The molecule has 0 saturated heterocycles. The molecule has 2 heterocycles. The Morgan fingerprint density at radius 1 is 1.14 bits per heavy atom. The smallest absolute Gasteiger partial charge is 0.433 e. The van der Waals surface area contributed by atoms with E-state index in [9.17, 15) is 18.0 Å². The lowest BCUT2D eigenvalue weighted by Gasteiger charge is -2.07. The summed E-state index contributed by atoms with van der Waals surface area (Å²) >= 11 is 5.60. The first-order valence-electron chi connectivity index (χ1n) is 5.67. The van der Waals surface area contributed by atoms with Crippen LogP contribution in [0.3, 0.4) is 0 Å². The van der Waals surface area contributed by atoms with E-state index in [1.54, 1.807) is 6.07 Å². The van der Waals surface area contributed by atoms with Crippen molar-refractivity contribution in [1.82, 2.24) is 9.97 Å². The highest BCUT2D eigenvalue weighted by Gasteiger charge is 2.32. The molecule has 0 aliphatic heterocycles. The molecule has 0 spiro atoms. The Morgan fingerprint density at radius 2 is 1.90 bits per heavy atom. The van der Waals surface area contributed by atoms with Crippen LogP contribution < -0.4 is 0 Å². The summed E-state index contributed by atoms with van der Waals surface area (Å²) in [5, 5.41) is 0.303. The van der Waals surface area contributed by atoms with Crippen molar-refractivity contribution in [2.75, 3.05) is 0 Å². The molecular weight excluding hydrogens is 309 g/mol. The van der Waals surface area contributed by atoms with Crippen molar-refractivity contribution in [3.8, 4) is 0 Å². The van der Waals surface area contributed by atoms with Gasteiger partial charge in [0.25, 0.3) is 0 Å². The molecule has 0 radical (unpaired) electrons. The number of carbonyl (C=O) groups excluding carboxylic acids is 1. The van der Waals surface area contributed by atoms with Gasteiger partial charge in [-0.05, 0) is 18.2 Å². The van der Waals surface area contributed by atoms with Crippen LogP contribution in [0, 0.1) is 0 Å². The van der Waals surface area contributed by atoms with Gasteiger partial charge in [0.15, 0.2) is 0 Å². The Balaban J connectivity index is 1.99. The number of aromatic nitrogens is 2. The molecule has 4 nitrogen and oxygen atoms in total. The summed E-state index contributed by atoms with van der Waals surface area (Å²) in [5.74, 6) is -0.772. The number of nitrogens with zero attached hydrogens (tertiary/aromatic N) is 2. The number of esters is 1. The van der Waals surface area contributed by atoms with E-state index in [0.29, 0.717) is 10.7 Å². The molecule has 8 heteroatoms. The van der Waals surface area contributed by atoms with E-state index in [4.69, 9.17) is 16.3 Å². The third-order valence-electron chi connectivity index (χ3n) is 2.45. The third kappa shape index (κ3) is 4.16. The van der Waals surface area contributed by atoms with Crippen LogP contribution in [0.25, 0.3) is 0 Å². The Kier molecular flexibility index (Phi) is 4.42. The van der Waals surface area contributed by atoms with E-state index < -0.39 is 17.8 Å². The van der Waals surface area contributed by atoms with Crippen LogP contribution >= 0.6 is 11.6 Å². The minimum absolute atomic E-state index is 0.0649. The summed E-state index contributed by atoms with van der Waals surface area (Å²) < 4.78 is 41.9. The molecule has 0 saturated carbocycles. The fraction of sp³-hybridized carbons (Fsp3) is 0.154. The van der Waals surface area contributed by atoms with Gasteiger partial charge in [0.1, 0.15) is 17.5 Å². The quantitative estimate of drug-likeness (QED) is 0.642. The summed E-state index contributed by atoms with van der Waals surface area (Å²) in [6.45, 7) is -0.0655. The van der Waals surface area contributed by atoms with Crippen LogP contribution in [0.15, 0.2) is 36.7 Å². The minimum Gasteiger partial charge on any atom is -0.457 e. The topological polar surface area (TPSA) is 52.1 Å². The summed E-state index contributed by atoms with van der Waals surface area (Å²) in [4.78, 5) is 18.6. The summed E-state index contributed by atoms with van der Waals surface area (Å²) in [5.41, 5.74) is -0.529. The van der Waals surface area contributed by atoms with Crippen molar-refractivity contribution in [1.29, 1.82) is 0 Å². The molecule has 2 rings (SSSR count). The Morgan fingerprint density at radius 3 is 2.43 bits per heavy atom. The molecule has 0 aromatic carbocycles. The molecular formula is C13H8ClF3N2O2. The second kappa shape index (κ2) is 6.09. The number of pyridine rings is 2. The standard InChI is InChI=1S/C13H8ClF3N2O2/c14-11-4-1-8(5-19-11)7-21-12(20)9-2-3-10(18-6-9)13(15,16)17/h1-6H,7H2. The number of carbonyl (C=O) groups is 1. The maximum absolute atomic E-state index is 12.3. The van der Waals surface area contributed by atoms with Gasteiger partial charge in [0.05, 0.1) is 5.56 Å². The van der Waals surface area contributed by atoms with Crippen LogP contribution in [0.2, 0.25) is 5.15 Å². The van der Waals surface area contributed by atoms with Gasteiger partial charge in [-0.3, -0.25) is 4.98 Å². The second-order valence-corrected chi connectivity index (χ2v) is 4.38. The average molecular weight is 317 g/mol. The number of hydrogen-bond acceptors (Lipinski definition) is 4. The van der Waals surface area contributed by atoms with E-state index in [0.717, 1.165) is 18.3 Å². The zero-order chi connectivity index (χ0) is 15.5. The van der Waals surface area contributed by atoms with Crippen LogP contribution in [-0.2, 0) is 17.5 Å². The van der Waals surface area contributed by atoms with Gasteiger partial charge < -0.3 is 4.74 Å². The van der Waals surface area contributed by atoms with Gasteiger partial charge in [0, 0.05) is 18.0 Å². The molecule has 2 aromatic heterocycles. The largest absolute Gasteiger partial charge is 0.457 e. The zero-order valence-electron chi connectivity index (χ0n) is 10.4. The highest BCUT2D eigenvalue weighted by atomic mass is 35.5. The first-order valence-corrected chi connectivity index (χ1v) is 6.05. The summed E-state index contributed by atoms with van der Waals surface area (Å²) in [6, 6.07) is 4.89. The lowest BCUT2D eigenvalue weighted by molar-refractivity contribution is -0.141. The number of ether oxygens (including phenoxy) is 1. The molecule has 0 fully saturated rings. The molecule has 0 aliphatic rings. The fourth-order valence-corrected chi connectivity index (χ4v) is 1.52. The van der Waals surface area contributed by atoms with Gasteiger partial charge in [-0.2, -0.15) is 13.2 Å². The van der Waals surface area contributed by atoms with Gasteiger partial charge in [-0.25, -0.2) is 9.78 Å². The van der Waals surface area contributed by atoms with Crippen LogP contribution in [0.1, 0.15) is 21.6 Å². The minimum atomic E-state index is -4.54. The maximum atomic E-state index is 12.3. The number of alkyl halides is 3. The highest BCUT2D eigenvalue weighted by molar-refractivity contribution is 6.29. The molecule has 110 valence electrons. The van der Waals surface area contributed by atoms with E-state index in [2.05, 4.69) is 9.97 Å². The molecule has 0 unspecified atom stereocenters. The Bertz CT molecular complexity index is 627. The predicted molar refractivity (Wildman–Crippen MR) is 67.6 cm³/mol. The van der Waals surface area contributed by atoms with Crippen LogP contribution in [-0.4, -0.2) is 15.9 Å². The third-order valence-corrected chi connectivity index (χ3v) is 2.67. The lowest BCUT2D eigenvalue weighted by Crippen LogP contribution is -2.10. The zero-order valence-corrected chi connectivity index (χ0v) is 11.1. The lowest BCUT2D eigenvalue weighted by atomic mass is 10.2. The SMILES string of the molecule is O=C(OCc1ccc(Cl)nc1)c1ccc(C(F)(F)F)nc1. The first-order chi connectivity index (χ1) is 9.86. The van der Waals surface area contributed by atoms with Gasteiger partial charge in [0.2, 0.25) is 0 Å². The van der Waals surface area contributed by atoms with Crippen molar-refractivity contribution in [3.05, 3.63) is 58.6 Å².